The Morgan fingerprint density at radius 1 is 1.09 bits per heavy atom. The second-order valence-corrected chi connectivity index (χ2v) is 7.76. The fraction of sp³-hybridized carbons (Fsp3) is 0.318. The van der Waals surface area contributed by atoms with Crippen LogP contribution in [0.25, 0.3) is 22.6 Å². The lowest BCUT2D eigenvalue weighted by molar-refractivity contribution is 0.112. The smallest absolute Gasteiger partial charge is 0.225 e. The van der Waals surface area contributed by atoms with Crippen molar-refractivity contribution in [1.82, 2.24) is 34.5 Å². The van der Waals surface area contributed by atoms with Crippen LogP contribution in [0.5, 0.6) is 0 Å². The molecule has 1 aliphatic heterocycles. The Morgan fingerprint density at radius 3 is 2.52 bits per heavy atom. The number of carbonyl (C=O) groups is 1. The molecule has 0 atom stereocenters. The third kappa shape index (κ3) is 4.10. The van der Waals surface area contributed by atoms with Crippen molar-refractivity contribution in [2.75, 3.05) is 43.2 Å². The normalized spacial score (nSPS) is 13.9. The molecule has 0 spiro atoms. The van der Waals surface area contributed by atoms with E-state index in [1.165, 1.54) is 12.4 Å². The average molecular weight is 445 g/mol. The van der Waals surface area contributed by atoms with Crippen molar-refractivity contribution >= 4 is 29.2 Å². The summed E-state index contributed by atoms with van der Waals surface area (Å²) >= 11 is 0. The quantitative estimate of drug-likeness (QED) is 0.404. The Kier molecular flexibility index (Phi) is 5.61. The van der Waals surface area contributed by atoms with E-state index in [0.717, 1.165) is 47.7 Å². The molecule has 5 heterocycles. The molecule has 0 saturated carbocycles. The van der Waals surface area contributed by atoms with Gasteiger partial charge < -0.3 is 19.1 Å². The number of nitrogens with zero attached hydrogens (tertiary/aromatic N) is 9. The fourth-order valence-corrected chi connectivity index (χ4v) is 3.73. The molecule has 0 bridgehead atoms. The summed E-state index contributed by atoms with van der Waals surface area (Å²) in [5.41, 5.74) is 2.82. The fourth-order valence-electron chi connectivity index (χ4n) is 3.73. The van der Waals surface area contributed by atoms with Crippen LogP contribution in [0, 0.1) is 0 Å². The summed E-state index contributed by atoms with van der Waals surface area (Å²) in [5.74, 6) is 2.73. The zero-order chi connectivity index (χ0) is 22.8. The van der Waals surface area contributed by atoms with Gasteiger partial charge in [-0.15, -0.1) is 0 Å². The SMILES string of the molecule is CN(Cc1nc2c(N3CCOCC3)nc(-c3ccncc3)nc2n1C)c1ncc(C=O)cn1. The van der Waals surface area contributed by atoms with Gasteiger partial charge in [0.1, 0.15) is 5.82 Å². The molecule has 4 aromatic rings. The molecule has 0 amide bonds. The van der Waals surface area contributed by atoms with Gasteiger partial charge in [0.15, 0.2) is 29.1 Å². The number of rotatable bonds is 6. The Bertz CT molecular complexity index is 1270. The summed E-state index contributed by atoms with van der Waals surface area (Å²) in [7, 11) is 3.83. The summed E-state index contributed by atoms with van der Waals surface area (Å²) in [5, 5.41) is 0. The van der Waals surface area contributed by atoms with Crippen LogP contribution in [0.1, 0.15) is 16.2 Å². The highest BCUT2D eigenvalue weighted by atomic mass is 16.5. The van der Waals surface area contributed by atoms with Crippen molar-refractivity contribution in [3.8, 4) is 11.4 Å². The van der Waals surface area contributed by atoms with Crippen molar-refractivity contribution in [3.05, 3.63) is 48.3 Å². The highest BCUT2D eigenvalue weighted by Gasteiger charge is 2.23. The van der Waals surface area contributed by atoms with E-state index in [4.69, 9.17) is 19.7 Å². The van der Waals surface area contributed by atoms with Crippen LogP contribution in [0.4, 0.5) is 11.8 Å². The number of fused-ring (bicyclic) bond motifs is 1. The lowest BCUT2D eigenvalue weighted by atomic mass is 10.2. The number of aldehydes is 1. The van der Waals surface area contributed by atoms with Crippen LogP contribution in [0.3, 0.4) is 0 Å². The minimum absolute atomic E-state index is 0.434. The molecular formula is C22H23N9O2. The molecule has 1 saturated heterocycles. The summed E-state index contributed by atoms with van der Waals surface area (Å²) in [6.45, 7) is 3.23. The summed E-state index contributed by atoms with van der Waals surface area (Å²) in [6.07, 6.45) is 7.20. The second kappa shape index (κ2) is 8.87. The maximum absolute atomic E-state index is 10.9. The van der Waals surface area contributed by atoms with E-state index in [1.807, 2.05) is 35.7 Å². The number of aromatic nitrogens is 7. The summed E-state index contributed by atoms with van der Waals surface area (Å²) < 4.78 is 7.51. The zero-order valence-electron chi connectivity index (χ0n) is 18.4. The molecular weight excluding hydrogens is 422 g/mol. The molecule has 0 unspecified atom stereocenters. The molecule has 1 fully saturated rings. The van der Waals surface area contributed by atoms with Crippen LogP contribution < -0.4 is 9.80 Å². The van der Waals surface area contributed by atoms with Crippen molar-refractivity contribution in [2.45, 2.75) is 6.54 Å². The van der Waals surface area contributed by atoms with Gasteiger partial charge in [-0.25, -0.2) is 24.9 Å². The van der Waals surface area contributed by atoms with Gasteiger partial charge in [-0.3, -0.25) is 9.78 Å². The molecule has 0 N–H and O–H groups in total. The number of imidazole rings is 1. The monoisotopic (exact) mass is 445 g/mol. The molecule has 4 aromatic heterocycles. The van der Waals surface area contributed by atoms with Crippen LogP contribution in [-0.2, 0) is 18.3 Å². The topological polar surface area (TPSA) is 115 Å². The average Bonchev–Trinajstić information content (AvgIpc) is 3.19. The zero-order valence-corrected chi connectivity index (χ0v) is 18.4. The molecule has 5 rings (SSSR count). The maximum Gasteiger partial charge on any atom is 0.225 e. The molecule has 0 radical (unpaired) electrons. The van der Waals surface area contributed by atoms with E-state index >= 15 is 0 Å². The molecule has 0 aliphatic carbocycles. The van der Waals surface area contributed by atoms with Gasteiger partial charge in [0.25, 0.3) is 0 Å². The highest BCUT2D eigenvalue weighted by molar-refractivity contribution is 5.86. The molecule has 33 heavy (non-hydrogen) atoms. The lowest BCUT2D eigenvalue weighted by Crippen LogP contribution is -2.37. The number of pyridine rings is 1. The van der Waals surface area contributed by atoms with Crippen LogP contribution in [-0.4, -0.2) is 74.1 Å². The largest absolute Gasteiger partial charge is 0.378 e. The third-order valence-corrected chi connectivity index (χ3v) is 5.56. The number of hydrogen-bond donors (Lipinski definition) is 0. The standard InChI is InChI=1S/C22H23N9O2/c1-29(22-24-11-15(14-32)12-25-22)13-17-26-18-20(30(17)2)27-19(16-3-5-23-6-4-16)28-21(18)31-7-9-33-10-8-31/h3-6,11-12,14H,7-10,13H2,1-2H3. The van der Waals surface area contributed by atoms with Crippen LogP contribution in [0.15, 0.2) is 36.9 Å². The number of aryl methyl sites for hydroxylation is 1. The van der Waals surface area contributed by atoms with Crippen molar-refractivity contribution in [3.63, 3.8) is 0 Å². The molecule has 168 valence electrons. The number of carbonyl (C=O) groups excluding carboxylic acids is 1. The second-order valence-electron chi connectivity index (χ2n) is 7.76. The minimum atomic E-state index is 0.434. The minimum Gasteiger partial charge on any atom is -0.378 e. The van der Waals surface area contributed by atoms with Gasteiger partial charge in [-0.05, 0) is 12.1 Å². The highest BCUT2D eigenvalue weighted by Crippen LogP contribution is 2.28. The number of hydrogen-bond acceptors (Lipinski definition) is 10. The van der Waals surface area contributed by atoms with Crippen molar-refractivity contribution < 1.29 is 9.53 Å². The molecule has 0 aromatic carbocycles. The van der Waals surface area contributed by atoms with Gasteiger partial charge in [0.2, 0.25) is 5.95 Å². The predicted molar refractivity (Wildman–Crippen MR) is 122 cm³/mol. The summed E-state index contributed by atoms with van der Waals surface area (Å²) in [6, 6.07) is 3.80. The number of morpholine rings is 1. The van der Waals surface area contributed by atoms with Gasteiger partial charge in [0, 0.05) is 57.5 Å². The van der Waals surface area contributed by atoms with Gasteiger partial charge in [0.05, 0.1) is 25.3 Å². The predicted octanol–water partition coefficient (Wildman–Crippen LogP) is 1.50. The number of ether oxygens (including phenoxy) is 1. The maximum atomic E-state index is 10.9. The Labute approximate surface area is 190 Å². The van der Waals surface area contributed by atoms with E-state index < -0.39 is 0 Å². The number of anilines is 2. The lowest BCUT2D eigenvalue weighted by Gasteiger charge is -2.28. The molecule has 11 nitrogen and oxygen atoms in total. The van der Waals surface area contributed by atoms with Gasteiger partial charge in [-0.1, -0.05) is 0 Å². The van der Waals surface area contributed by atoms with E-state index in [-0.39, 0.29) is 0 Å². The van der Waals surface area contributed by atoms with Gasteiger partial charge >= 0.3 is 0 Å². The Balaban J connectivity index is 1.56. The Morgan fingerprint density at radius 2 is 1.82 bits per heavy atom. The van der Waals surface area contributed by atoms with E-state index in [1.54, 1.807) is 12.4 Å². The summed E-state index contributed by atoms with van der Waals surface area (Å²) in [4.78, 5) is 42.2. The van der Waals surface area contributed by atoms with Crippen LogP contribution >= 0.6 is 0 Å². The third-order valence-electron chi connectivity index (χ3n) is 5.56. The van der Waals surface area contributed by atoms with Crippen molar-refractivity contribution in [2.24, 2.45) is 7.05 Å². The van der Waals surface area contributed by atoms with E-state index in [9.17, 15) is 4.79 Å². The first-order valence-electron chi connectivity index (χ1n) is 10.6. The Hall–Kier alpha value is -3.99. The molecule has 1 aliphatic rings. The first-order chi connectivity index (χ1) is 16.1. The van der Waals surface area contributed by atoms with E-state index in [2.05, 4.69) is 19.9 Å². The van der Waals surface area contributed by atoms with Crippen LogP contribution in [0.2, 0.25) is 0 Å². The van der Waals surface area contributed by atoms with Gasteiger partial charge in [-0.2, -0.15) is 0 Å². The van der Waals surface area contributed by atoms with Crippen molar-refractivity contribution in [1.29, 1.82) is 0 Å². The first kappa shape index (κ1) is 20.9. The first-order valence-corrected chi connectivity index (χ1v) is 10.6. The molecule has 11 heteroatoms. The van der Waals surface area contributed by atoms with E-state index in [0.29, 0.717) is 37.1 Å².